The number of carbonyl (C=O) groups is 1. The monoisotopic (exact) mass is 397 g/mol. The molecule has 1 saturated heterocycles. The molecule has 1 fully saturated rings. The second-order valence-corrected chi connectivity index (χ2v) is 7.13. The number of aromatic nitrogens is 4. The standard InChI is InChI=1S/C20H23N5O4/c1-13-6-4-5-7-16(13)29-14-8-9-24(11-14)20(27)25-15-10-21-17(12-28-3)22-18(15)23(2)19(25)26/h4-7,10,14H,8-9,11-12H2,1-3H3/t14-/m0/s1. The first kappa shape index (κ1) is 19.1. The van der Waals surface area contributed by atoms with Gasteiger partial charge in [-0.1, -0.05) is 18.2 Å². The Balaban J connectivity index is 1.57. The first-order valence-electron chi connectivity index (χ1n) is 9.43. The predicted octanol–water partition coefficient (Wildman–Crippen LogP) is 1.71. The van der Waals surface area contributed by atoms with Crippen LogP contribution in [0, 0.1) is 6.92 Å². The number of carbonyl (C=O) groups excluding carboxylic acids is 1. The summed E-state index contributed by atoms with van der Waals surface area (Å²) in [6.45, 7) is 3.15. The van der Waals surface area contributed by atoms with E-state index in [4.69, 9.17) is 9.47 Å². The van der Waals surface area contributed by atoms with Crippen molar-refractivity contribution in [1.82, 2.24) is 24.0 Å². The average molecular weight is 397 g/mol. The zero-order valence-electron chi connectivity index (χ0n) is 16.7. The number of imidazole rings is 1. The number of aryl methyl sites for hydroxylation is 2. The molecule has 1 atom stereocenters. The van der Waals surface area contributed by atoms with Gasteiger partial charge in [-0.15, -0.1) is 0 Å². The Morgan fingerprint density at radius 2 is 2.10 bits per heavy atom. The molecular weight excluding hydrogens is 374 g/mol. The number of hydrogen-bond donors (Lipinski definition) is 0. The number of ether oxygens (including phenoxy) is 2. The third-order valence-corrected chi connectivity index (χ3v) is 5.10. The number of nitrogens with zero attached hydrogens (tertiary/aromatic N) is 5. The fourth-order valence-corrected chi connectivity index (χ4v) is 3.54. The fraction of sp³-hybridized carbons (Fsp3) is 0.400. The number of likely N-dealkylation sites (tertiary alicyclic amines) is 1. The van der Waals surface area contributed by atoms with Gasteiger partial charge in [0.1, 0.15) is 24.0 Å². The summed E-state index contributed by atoms with van der Waals surface area (Å²) in [6.07, 6.45) is 2.08. The molecule has 1 amide bonds. The van der Waals surface area contributed by atoms with Gasteiger partial charge < -0.3 is 14.4 Å². The summed E-state index contributed by atoms with van der Waals surface area (Å²) in [4.78, 5) is 36.0. The first-order chi connectivity index (χ1) is 14.0. The second-order valence-electron chi connectivity index (χ2n) is 7.13. The van der Waals surface area contributed by atoms with Gasteiger partial charge in [0.2, 0.25) is 0 Å². The van der Waals surface area contributed by atoms with Crippen LogP contribution in [0.15, 0.2) is 35.3 Å². The lowest BCUT2D eigenvalue weighted by molar-refractivity contribution is 0.178. The molecule has 3 heterocycles. The van der Waals surface area contributed by atoms with Crippen molar-refractivity contribution in [3.8, 4) is 5.75 Å². The summed E-state index contributed by atoms with van der Waals surface area (Å²) >= 11 is 0. The molecule has 1 aliphatic heterocycles. The molecule has 0 spiro atoms. The molecular formula is C20H23N5O4. The summed E-state index contributed by atoms with van der Waals surface area (Å²) in [5, 5.41) is 0. The third-order valence-electron chi connectivity index (χ3n) is 5.10. The van der Waals surface area contributed by atoms with Crippen molar-refractivity contribution in [3.05, 3.63) is 52.3 Å². The van der Waals surface area contributed by atoms with E-state index in [2.05, 4.69) is 9.97 Å². The van der Waals surface area contributed by atoms with E-state index >= 15 is 0 Å². The Morgan fingerprint density at radius 3 is 2.86 bits per heavy atom. The molecule has 152 valence electrons. The van der Waals surface area contributed by atoms with Gasteiger partial charge in [-0.25, -0.2) is 24.1 Å². The van der Waals surface area contributed by atoms with Gasteiger partial charge in [-0.3, -0.25) is 4.57 Å². The maximum Gasteiger partial charge on any atom is 0.338 e. The molecule has 0 bridgehead atoms. The smallest absolute Gasteiger partial charge is 0.338 e. The minimum atomic E-state index is -0.447. The van der Waals surface area contributed by atoms with Crippen LogP contribution in [0.4, 0.5) is 4.79 Å². The largest absolute Gasteiger partial charge is 0.488 e. The first-order valence-corrected chi connectivity index (χ1v) is 9.43. The van der Waals surface area contributed by atoms with Crippen molar-refractivity contribution < 1.29 is 14.3 Å². The number of para-hydroxylation sites is 1. The minimum absolute atomic E-state index is 0.115. The van der Waals surface area contributed by atoms with Crippen LogP contribution in [-0.2, 0) is 18.4 Å². The zero-order valence-corrected chi connectivity index (χ0v) is 16.7. The Hall–Kier alpha value is -3.20. The van der Waals surface area contributed by atoms with Crippen LogP contribution in [-0.4, -0.2) is 56.3 Å². The quantitative estimate of drug-likeness (QED) is 0.666. The lowest BCUT2D eigenvalue weighted by Gasteiger charge is -2.18. The molecule has 9 nitrogen and oxygen atoms in total. The summed E-state index contributed by atoms with van der Waals surface area (Å²) in [6, 6.07) is 7.40. The average Bonchev–Trinajstić information content (AvgIpc) is 3.27. The molecule has 0 aliphatic carbocycles. The third kappa shape index (κ3) is 3.49. The minimum Gasteiger partial charge on any atom is -0.488 e. The van der Waals surface area contributed by atoms with Crippen molar-refractivity contribution in [1.29, 1.82) is 0 Å². The molecule has 4 rings (SSSR count). The molecule has 0 saturated carbocycles. The van der Waals surface area contributed by atoms with Gasteiger partial charge in [0.25, 0.3) is 0 Å². The van der Waals surface area contributed by atoms with E-state index in [1.165, 1.54) is 10.8 Å². The highest BCUT2D eigenvalue weighted by Crippen LogP contribution is 2.22. The molecule has 9 heteroatoms. The molecule has 3 aromatic rings. The predicted molar refractivity (Wildman–Crippen MR) is 106 cm³/mol. The van der Waals surface area contributed by atoms with E-state index < -0.39 is 5.69 Å². The van der Waals surface area contributed by atoms with Gasteiger partial charge in [-0.2, -0.15) is 0 Å². The van der Waals surface area contributed by atoms with Gasteiger partial charge >= 0.3 is 11.7 Å². The summed E-state index contributed by atoms with van der Waals surface area (Å²) in [5.74, 6) is 1.27. The molecule has 2 aromatic heterocycles. The Kier molecular flexibility index (Phi) is 5.06. The maximum absolute atomic E-state index is 13.1. The highest BCUT2D eigenvalue weighted by atomic mass is 16.5. The van der Waals surface area contributed by atoms with E-state index in [0.29, 0.717) is 36.5 Å². The van der Waals surface area contributed by atoms with Gasteiger partial charge in [0.15, 0.2) is 11.5 Å². The highest BCUT2D eigenvalue weighted by Gasteiger charge is 2.31. The molecule has 0 radical (unpaired) electrons. The number of methoxy groups -OCH3 is 1. The summed E-state index contributed by atoms with van der Waals surface area (Å²) in [5.41, 5.74) is 1.38. The topological polar surface area (TPSA) is 91.5 Å². The van der Waals surface area contributed by atoms with Crippen molar-refractivity contribution >= 4 is 17.2 Å². The normalized spacial score (nSPS) is 16.5. The molecule has 0 unspecified atom stereocenters. The molecule has 1 aliphatic rings. The Bertz CT molecular complexity index is 1120. The number of hydrogen-bond acceptors (Lipinski definition) is 6. The van der Waals surface area contributed by atoms with Crippen molar-refractivity contribution in [2.24, 2.45) is 7.05 Å². The van der Waals surface area contributed by atoms with Crippen LogP contribution in [0.3, 0.4) is 0 Å². The lowest BCUT2D eigenvalue weighted by Crippen LogP contribution is -2.39. The van der Waals surface area contributed by atoms with Gasteiger partial charge in [0.05, 0.1) is 12.7 Å². The van der Waals surface area contributed by atoms with E-state index in [1.807, 2.05) is 31.2 Å². The van der Waals surface area contributed by atoms with Crippen LogP contribution in [0.1, 0.15) is 17.8 Å². The summed E-state index contributed by atoms with van der Waals surface area (Å²) < 4.78 is 13.6. The fourth-order valence-electron chi connectivity index (χ4n) is 3.54. The van der Waals surface area contributed by atoms with Crippen molar-refractivity contribution in [2.75, 3.05) is 20.2 Å². The van der Waals surface area contributed by atoms with Crippen molar-refractivity contribution in [2.45, 2.75) is 26.1 Å². The van der Waals surface area contributed by atoms with E-state index in [9.17, 15) is 9.59 Å². The number of amides is 1. The van der Waals surface area contributed by atoms with Crippen LogP contribution in [0.2, 0.25) is 0 Å². The summed E-state index contributed by atoms with van der Waals surface area (Å²) in [7, 11) is 3.14. The number of rotatable bonds is 4. The number of fused-ring (bicyclic) bond motifs is 1. The van der Waals surface area contributed by atoms with Crippen LogP contribution >= 0.6 is 0 Å². The van der Waals surface area contributed by atoms with E-state index in [0.717, 1.165) is 15.9 Å². The van der Waals surface area contributed by atoms with Gasteiger partial charge in [-0.05, 0) is 18.6 Å². The van der Waals surface area contributed by atoms with E-state index in [1.54, 1.807) is 19.1 Å². The van der Waals surface area contributed by atoms with Gasteiger partial charge in [0, 0.05) is 27.1 Å². The zero-order chi connectivity index (χ0) is 20.5. The molecule has 1 aromatic carbocycles. The van der Waals surface area contributed by atoms with E-state index in [-0.39, 0.29) is 18.7 Å². The van der Waals surface area contributed by atoms with Crippen LogP contribution in [0.5, 0.6) is 5.75 Å². The maximum atomic E-state index is 13.1. The highest BCUT2D eigenvalue weighted by molar-refractivity contribution is 5.87. The Labute approximate surface area is 167 Å². The van der Waals surface area contributed by atoms with Crippen LogP contribution in [0.25, 0.3) is 11.2 Å². The second kappa shape index (κ2) is 7.67. The lowest BCUT2D eigenvalue weighted by atomic mass is 10.2. The number of benzene rings is 1. The Morgan fingerprint density at radius 1 is 1.31 bits per heavy atom. The SMILES string of the molecule is COCc1ncc2c(n1)n(C)c(=O)n2C(=O)N1CC[C@H](Oc2ccccc2C)C1. The molecule has 0 N–H and O–H groups in total. The van der Waals surface area contributed by atoms with Crippen molar-refractivity contribution in [3.63, 3.8) is 0 Å². The van der Waals surface area contributed by atoms with Crippen LogP contribution < -0.4 is 10.4 Å². The molecule has 29 heavy (non-hydrogen) atoms.